The molecule has 0 fully saturated rings. The van der Waals surface area contributed by atoms with E-state index in [1.807, 2.05) is 0 Å². The zero-order valence-corrected chi connectivity index (χ0v) is 12.4. The zero-order chi connectivity index (χ0) is 14.5. The summed E-state index contributed by atoms with van der Waals surface area (Å²) in [7, 11) is 0. The van der Waals surface area contributed by atoms with E-state index in [0.29, 0.717) is 6.04 Å². The van der Waals surface area contributed by atoms with Gasteiger partial charge in [0.05, 0.1) is 0 Å². The average Bonchev–Trinajstić information content (AvgIpc) is 2.55. The highest BCUT2D eigenvalue weighted by molar-refractivity contribution is 5.86. The Balaban J connectivity index is 1.68. The predicted octanol–water partition coefficient (Wildman–Crippen LogP) is 4.73. The first kappa shape index (κ1) is 13.8. The molecule has 0 aromatic heterocycles. The lowest BCUT2D eigenvalue weighted by Gasteiger charge is -2.16. The second-order valence-corrected chi connectivity index (χ2v) is 5.48. The molecule has 1 heteroatoms. The molecular weight excluding hydrogens is 254 g/mol. The SMILES string of the molecule is C[C@@H](NCCc1ccccc1)c1cccc2ccccc12. The van der Waals surface area contributed by atoms with Crippen LogP contribution in [-0.4, -0.2) is 6.54 Å². The summed E-state index contributed by atoms with van der Waals surface area (Å²) in [6, 6.07) is 26.1. The highest BCUT2D eigenvalue weighted by Gasteiger charge is 2.08. The smallest absolute Gasteiger partial charge is 0.0298 e. The van der Waals surface area contributed by atoms with Crippen LogP contribution in [0.4, 0.5) is 0 Å². The highest BCUT2D eigenvalue weighted by atomic mass is 14.9. The van der Waals surface area contributed by atoms with Gasteiger partial charge in [-0.2, -0.15) is 0 Å². The molecule has 3 aromatic rings. The quantitative estimate of drug-likeness (QED) is 0.709. The standard InChI is InChI=1S/C20H21N/c1-16(21-15-14-17-8-3-2-4-9-17)19-13-7-11-18-10-5-6-12-20(18)19/h2-13,16,21H,14-15H2,1H3/t16-/m1/s1. The molecule has 3 aromatic carbocycles. The number of fused-ring (bicyclic) bond motifs is 1. The Bertz CT molecular complexity index is 698. The molecule has 0 bridgehead atoms. The summed E-state index contributed by atoms with van der Waals surface area (Å²) >= 11 is 0. The van der Waals surface area contributed by atoms with Crippen LogP contribution >= 0.6 is 0 Å². The molecule has 1 atom stereocenters. The monoisotopic (exact) mass is 275 g/mol. The van der Waals surface area contributed by atoms with Crippen LogP contribution in [-0.2, 0) is 6.42 Å². The van der Waals surface area contributed by atoms with Crippen molar-refractivity contribution in [1.82, 2.24) is 5.32 Å². The first-order valence-corrected chi connectivity index (χ1v) is 7.59. The summed E-state index contributed by atoms with van der Waals surface area (Å²) in [5.41, 5.74) is 2.76. The number of benzene rings is 3. The van der Waals surface area contributed by atoms with E-state index in [1.54, 1.807) is 0 Å². The molecule has 0 heterocycles. The first-order chi connectivity index (χ1) is 10.3. The summed E-state index contributed by atoms with van der Waals surface area (Å²) < 4.78 is 0. The van der Waals surface area contributed by atoms with Crippen LogP contribution in [0.1, 0.15) is 24.1 Å². The van der Waals surface area contributed by atoms with Gasteiger partial charge >= 0.3 is 0 Å². The fraction of sp³-hybridized carbons (Fsp3) is 0.200. The zero-order valence-electron chi connectivity index (χ0n) is 12.4. The maximum Gasteiger partial charge on any atom is 0.0298 e. The molecule has 3 rings (SSSR count). The van der Waals surface area contributed by atoms with Gasteiger partial charge in [-0.1, -0.05) is 72.8 Å². The minimum absolute atomic E-state index is 0.361. The van der Waals surface area contributed by atoms with Gasteiger partial charge in [0.1, 0.15) is 0 Å². The molecule has 1 N–H and O–H groups in total. The van der Waals surface area contributed by atoms with Gasteiger partial charge in [0.25, 0.3) is 0 Å². The molecule has 21 heavy (non-hydrogen) atoms. The molecule has 0 amide bonds. The van der Waals surface area contributed by atoms with Crippen molar-refractivity contribution in [3.05, 3.63) is 83.9 Å². The maximum absolute atomic E-state index is 3.64. The molecular formula is C20H21N. The number of hydrogen-bond donors (Lipinski definition) is 1. The van der Waals surface area contributed by atoms with Crippen molar-refractivity contribution < 1.29 is 0 Å². The van der Waals surface area contributed by atoms with Crippen LogP contribution in [0.3, 0.4) is 0 Å². The van der Waals surface area contributed by atoms with Gasteiger partial charge in [0, 0.05) is 6.04 Å². The third-order valence-electron chi connectivity index (χ3n) is 4.00. The van der Waals surface area contributed by atoms with Crippen LogP contribution in [0.5, 0.6) is 0 Å². The van der Waals surface area contributed by atoms with Crippen LogP contribution in [0.15, 0.2) is 72.8 Å². The lowest BCUT2D eigenvalue weighted by molar-refractivity contribution is 0.580. The summed E-state index contributed by atoms with van der Waals surface area (Å²) in [4.78, 5) is 0. The lowest BCUT2D eigenvalue weighted by atomic mass is 9.99. The van der Waals surface area contributed by atoms with Crippen molar-refractivity contribution in [3.63, 3.8) is 0 Å². The van der Waals surface area contributed by atoms with Crippen molar-refractivity contribution in [2.75, 3.05) is 6.54 Å². The Labute approximate surface area is 126 Å². The Morgan fingerprint density at radius 3 is 2.38 bits per heavy atom. The van der Waals surface area contributed by atoms with E-state index in [2.05, 4.69) is 85.0 Å². The summed E-state index contributed by atoms with van der Waals surface area (Å²) in [6.07, 6.45) is 1.07. The van der Waals surface area contributed by atoms with Crippen LogP contribution in [0.2, 0.25) is 0 Å². The van der Waals surface area contributed by atoms with E-state index in [9.17, 15) is 0 Å². The fourth-order valence-electron chi connectivity index (χ4n) is 2.82. The minimum atomic E-state index is 0.361. The third-order valence-corrected chi connectivity index (χ3v) is 4.00. The topological polar surface area (TPSA) is 12.0 Å². The molecule has 1 nitrogen and oxygen atoms in total. The molecule has 0 saturated carbocycles. The maximum atomic E-state index is 3.64. The average molecular weight is 275 g/mol. The Kier molecular flexibility index (Phi) is 4.32. The van der Waals surface area contributed by atoms with Gasteiger partial charge < -0.3 is 5.32 Å². The lowest BCUT2D eigenvalue weighted by Crippen LogP contribution is -2.21. The normalized spacial score (nSPS) is 12.4. The number of nitrogens with one attached hydrogen (secondary N) is 1. The molecule has 0 aliphatic heterocycles. The van der Waals surface area contributed by atoms with E-state index in [4.69, 9.17) is 0 Å². The van der Waals surface area contributed by atoms with Crippen LogP contribution in [0.25, 0.3) is 10.8 Å². The van der Waals surface area contributed by atoms with Crippen LogP contribution in [0, 0.1) is 0 Å². The van der Waals surface area contributed by atoms with E-state index in [-0.39, 0.29) is 0 Å². The number of hydrogen-bond acceptors (Lipinski definition) is 1. The van der Waals surface area contributed by atoms with Gasteiger partial charge in [0.15, 0.2) is 0 Å². The van der Waals surface area contributed by atoms with Crippen molar-refractivity contribution in [1.29, 1.82) is 0 Å². The minimum Gasteiger partial charge on any atom is -0.310 e. The van der Waals surface area contributed by atoms with Crippen LogP contribution < -0.4 is 5.32 Å². The van der Waals surface area contributed by atoms with Gasteiger partial charge in [-0.05, 0) is 41.8 Å². The molecule has 0 spiro atoms. The predicted molar refractivity (Wildman–Crippen MR) is 90.5 cm³/mol. The second-order valence-electron chi connectivity index (χ2n) is 5.48. The Morgan fingerprint density at radius 1 is 0.810 bits per heavy atom. The summed E-state index contributed by atoms with van der Waals surface area (Å²) in [5.74, 6) is 0. The Hall–Kier alpha value is -2.12. The third kappa shape index (κ3) is 3.32. The van der Waals surface area contributed by atoms with Gasteiger partial charge in [-0.25, -0.2) is 0 Å². The van der Waals surface area contributed by atoms with Crippen molar-refractivity contribution in [3.8, 4) is 0 Å². The van der Waals surface area contributed by atoms with E-state index in [1.165, 1.54) is 21.9 Å². The summed E-state index contributed by atoms with van der Waals surface area (Å²) in [5, 5.41) is 6.30. The van der Waals surface area contributed by atoms with E-state index >= 15 is 0 Å². The largest absolute Gasteiger partial charge is 0.310 e. The van der Waals surface area contributed by atoms with Gasteiger partial charge in [0.2, 0.25) is 0 Å². The molecule has 0 aliphatic rings. The van der Waals surface area contributed by atoms with E-state index < -0.39 is 0 Å². The summed E-state index contributed by atoms with van der Waals surface area (Å²) in [6.45, 7) is 3.24. The first-order valence-electron chi connectivity index (χ1n) is 7.59. The van der Waals surface area contributed by atoms with Gasteiger partial charge in [-0.3, -0.25) is 0 Å². The highest BCUT2D eigenvalue weighted by Crippen LogP contribution is 2.23. The Morgan fingerprint density at radius 2 is 1.52 bits per heavy atom. The molecule has 0 radical (unpaired) electrons. The fourth-order valence-corrected chi connectivity index (χ4v) is 2.82. The van der Waals surface area contributed by atoms with Crippen molar-refractivity contribution >= 4 is 10.8 Å². The van der Waals surface area contributed by atoms with Crippen molar-refractivity contribution in [2.45, 2.75) is 19.4 Å². The molecule has 0 aliphatic carbocycles. The van der Waals surface area contributed by atoms with E-state index in [0.717, 1.165) is 13.0 Å². The van der Waals surface area contributed by atoms with Crippen molar-refractivity contribution in [2.24, 2.45) is 0 Å². The molecule has 0 saturated heterocycles. The number of rotatable bonds is 5. The molecule has 0 unspecified atom stereocenters. The second kappa shape index (κ2) is 6.55. The molecule has 106 valence electrons. The van der Waals surface area contributed by atoms with Gasteiger partial charge in [-0.15, -0.1) is 0 Å².